The van der Waals surface area contributed by atoms with Crippen LogP contribution in [0.3, 0.4) is 0 Å². The van der Waals surface area contributed by atoms with Crippen LogP contribution in [-0.2, 0) is 10.2 Å². The molecule has 2 aliphatic rings. The lowest BCUT2D eigenvalue weighted by Gasteiger charge is -2.26. The highest BCUT2D eigenvalue weighted by atomic mass is 16.5. The van der Waals surface area contributed by atoms with Crippen LogP contribution in [0, 0.1) is 5.92 Å². The molecule has 0 radical (unpaired) electrons. The number of nitrogens with zero attached hydrogens (tertiary/aromatic N) is 6. The highest BCUT2D eigenvalue weighted by Gasteiger charge is 2.47. The number of rotatable bonds is 6. The van der Waals surface area contributed by atoms with Gasteiger partial charge in [-0.05, 0) is 49.4 Å². The minimum atomic E-state index is -0.371. The molecule has 9 nitrogen and oxygen atoms in total. The number of pyridine rings is 2. The van der Waals surface area contributed by atoms with Crippen molar-refractivity contribution in [3.8, 4) is 22.7 Å². The molecule has 32 heavy (non-hydrogen) atoms. The number of ether oxygens (including phenoxy) is 1. The first kappa shape index (κ1) is 19.1. The number of hydrogen-bond acceptors (Lipinski definition) is 8. The van der Waals surface area contributed by atoms with Crippen LogP contribution >= 0.6 is 0 Å². The molecule has 1 saturated heterocycles. The number of aromatic nitrogens is 6. The maximum atomic E-state index is 5.70. The molecule has 4 aromatic rings. The monoisotopic (exact) mass is 429 g/mol. The van der Waals surface area contributed by atoms with E-state index in [0.29, 0.717) is 36.7 Å². The Bertz CT molecular complexity index is 1240. The van der Waals surface area contributed by atoms with Gasteiger partial charge in [-0.15, -0.1) is 0 Å². The van der Waals surface area contributed by atoms with E-state index in [2.05, 4.69) is 28.2 Å². The van der Waals surface area contributed by atoms with Crippen LogP contribution in [0.1, 0.15) is 37.2 Å². The maximum absolute atomic E-state index is 5.70. The quantitative estimate of drug-likeness (QED) is 0.496. The van der Waals surface area contributed by atoms with Crippen molar-refractivity contribution in [3.63, 3.8) is 0 Å². The first-order valence-corrected chi connectivity index (χ1v) is 10.8. The molecular formula is C23H23N7O2. The highest BCUT2D eigenvalue weighted by molar-refractivity contribution is 5.59. The maximum Gasteiger partial charge on any atom is 0.261 e. The molecule has 1 atom stereocenters. The number of nitrogen functional groups attached to an aromatic ring is 1. The van der Waals surface area contributed by atoms with Crippen LogP contribution in [-0.4, -0.2) is 43.1 Å². The van der Waals surface area contributed by atoms with Gasteiger partial charge in [-0.25, -0.2) is 4.98 Å². The molecule has 9 heteroatoms. The zero-order valence-corrected chi connectivity index (χ0v) is 17.7. The van der Waals surface area contributed by atoms with Crippen LogP contribution in [0.5, 0.6) is 0 Å². The summed E-state index contributed by atoms with van der Waals surface area (Å²) in [5.41, 5.74) is 8.99. The second-order valence-corrected chi connectivity index (χ2v) is 8.70. The zero-order chi connectivity index (χ0) is 21.7. The Morgan fingerprint density at radius 2 is 1.91 bits per heavy atom. The number of hydrogen-bond donors (Lipinski definition) is 1. The molecule has 4 aromatic heterocycles. The van der Waals surface area contributed by atoms with Crippen LogP contribution in [0.25, 0.3) is 22.7 Å². The van der Waals surface area contributed by atoms with Gasteiger partial charge in [0, 0.05) is 24.2 Å². The molecule has 6 rings (SSSR count). The molecule has 0 spiro atoms. The summed E-state index contributed by atoms with van der Waals surface area (Å²) in [7, 11) is 0. The Labute approximate surface area is 184 Å². The van der Waals surface area contributed by atoms with E-state index in [0.717, 1.165) is 35.2 Å². The average molecular weight is 429 g/mol. The van der Waals surface area contributed by atoms with Crippen LogP contribution in [0.2, 0.25) is 0 Å². The molecule has 0 amide bonds. The molecule has 2 fully saturated rings. The Kier molecular flexibility index (Phi) is 4.32. The fourth-order valence-corrected chi connectivity index (χ4v) is 4.21. The van der Waals surface area contributed by atoms with Crippen LogP contribution in [0.4, 0.5) is 5.82 Å². The average Bonchev–Trinajstić information content (AvgIpc) is 3.33. The number of nitrogens with two attached hydrogens (primary N) is 1. The van der Waals surface area contributed by atoms with Gasteiger partial charge in [-0.1, -0.05) is 11.2 Å². The summed E-state index contributed by atoms with van der Waals surface area (Å²) < 4.78 is 12.8. The van der Waals surface area contributed by atoms with E-state index in [1.165, 1.54) is 0 Å². The van der Waals surface area contributed by atoms with E-state index in [1.54, 1.807) is 18.5 Å². The van der Waals surface area contributed by atoms with E-state index in [1.807, 2.05) is 29.2 Å². The SMILES string of the molecule is CC(c1ccc(-c2ccc(N)nc2)nc1)(c1noc(-c2cnn(C3COC3)c2)n1)C1CC1. The molecule has 5 heterocycles. The van der Waals surface area contributed by atoms with Crippen LogP contribution < -0.4 is 5.73 Å². The normalized spacial score (nSPS) is 18.3. The highest BCUT2D eigenvalue weighted by Crippen LogP contribution is 2.50. The standard InChI is InChI=1S/C23H23N7O2/c1-23(16-3-4-16,17-5-6-19(25-10-17)14-2-7-20(24)26-8-14)22-28-21(32-29-22)15-9-27-30(11-15)18-12-31-13-18/h2,5-11,16,18H,3-4,12-13H2,1H3,(H2,24,26). The summed E-state index contributed by atoms with van der Waals surface area (Å²) in [5.74, 6) is 2.11. The van der Waals surface area contributed by atoms with Gasteiger partial charge in [0.25, 0.3) is 5.89 Å². The summed E-state index contributed by atoms with van der Waals surface area (Å²) in [6, 6.07) is 8.09. The molecule has 1 unspecified atom stereocenters. The fourth-order valence-electron chi connectivity index (χ4n) is 4.21. The summed E-state index contributed by atoms with van der Waals surface area (Å²) in [6.45, 7) is 3.55. The Morgan fingerprint density at radius 3 is 2.56 bits per heavy atom. The third kappa shape index (κ3) is 3.16. The predicted molar refractivity (Wildman–Crippen MR) is 116 cm³/mol. The Hall–Kier alpha value is -3.59. The van der Waals surface area contributed by atoms with Gasteiger partial charge in [0.15, 0.2) is 5.82 Å². The first-order chi connectivity index (χ1) is 15.6. The second kappa shape index (κ2) is 7.23. The van der Waals surface area contributed by atoms with Gasteiger partial charge in [-0.3, -0.25) is 9.67 Å². The second-order valence-electron chi connectivity index (χ2n) is 8.70. The van der Waals surface area contributed by atoms with Crippen molar-refractivity contribution in [2.24, 2.45) is 5.92 Å². The van der Waals surface area contributed by atoms with Crippen molar-refractivity contribution < 1.29 is 9.26 Å². The third-order valence-electron chi connectivity index (χ3n) is 6.57. The van der Waals surface area contributed by atoms with E-state index in [4.69, 9.17) is 25.0 Å². The van der Waals surface area contributed by atoms with Gasteiger partial charge < -0.3 is 15.0 Å². The van der Waals surface area contributed by atoms with Gasteiger partial charge >= 0.3 is 0 Å². The molecular weight excluding hydrogens is 406 g/mol. The molecule has 162 valence electrons. The zero-order valence-electron chi connectivity index (χ0n) is 17.7. The van der Waals surface area contributed by atoms with Crippen molar-refractivity contribution in [1.82, 2.24) is 29.9 Å². The smallest absolute Gasteiger partial charge is 0.261 e. The number of anilines is 1. The molecule has 1 saturated carbocycles. The first-order valence-electron chi connectivity index (χ1n) is 10.8. The van der Waals surface area contributed by atoms with E-state index in [-0.39, 0.29) is 11.5 Å². The minimum absolute atomic E-state index is 0.281. The molecule has 1 aliphatic heterocycles. The molecule has 2 N–H and O–H groups in total. The van der Waals surface area contributed by atoms with Crippen molar-refractivity contribution >= 4 is 5.82 Å². The Balaban J connectivity index is 1.31. The lowest BCUT2D eigenvalue weighted by molar-refractivity contribution is -0.0286. The van der Waals surface area contributed by atoms with Crippen LogP contribution in [0.15, 0.2) is 53.6 Å². The van der Waals surface area contributed by atoms with E-state index < -0.39 is 0 Å². The predicted octanol–water partition coefficient (Wildman–Crippen LogP) is 3.26. The van der Waals surface area contributed by atoms with E-state index in [9.17, 15) is 0 Å². The molecule has 0 bridgehead atoms. The van der Waals surface area contributed by atoms with Crippen molar-refractivity contribution in [3.05, 3.63) is 60.4 Å². The summed E-state index contributed by atoms with van der Waals surface area (Å²) in [5, 5.41) is 8.80. The third-order valence-corrected chi connectivity index (χ3v) is 6.57. The van der Waals surface area contributed by atoms with Crippen molar-refractivity contribution in [1.29, 1.82) is 0 Å². The lowest BCUT2D eigenvalue weighted by Crippen LogP contribution is -2.30. The lowest BCUT2D eigenvalue weighted by atomic mass is 9.77. The topological polar surface area (TPSA) is 118 Å². The van der Waals surface area contributed by atoms with Crippen molar-refractivity contribution in [2.75, 3.05) is 18.9 Å². The largest absolute Gasteiger partial charge is 0.384 e. The van der Waals surface area contributed by atoms with Crippen molar-refractivity contribution in [2.45, 2.75) is 31.2 Å². The van der Waals surface area contributed by atoms with Gasteiger partial charge in [0.1, 0.15) is 5.82 Å². The minimum Gasteiger partial charge on any atom is -0.384 e. The van der Waals surface area contributed by atoms with Gasteiger partial charge in [-0.2, -0.15) is 10.1 Å². The Morgan fingerprint density at radius 1 is 1.03 bits per heavy atom. The van der Waals surface area contributed by atoms with Gasteiger partial charge in [0.2, 0.25) is 0 Å². The molecule has 1 aliphatic carbocycles. The fraction of sp³-hybridized carbons (Fsp3) is 0.348. The molecule has 0 aromatic carbocycles. The summed E-state index contributed by atoms with van der Waals surface area (Å²) >= 11 is 0. The van der Waals surface area contributed by atoms with Gasteiger partial charge in [0.05, 0.1) is 42.1 Å². The summed E-state index contributed by atoms with van der Waals surface area (Å²) in [4.78, 5) is 13.6. The summed E-state index contributed by atoms with van der Waals surface area (Å²) in [6.07, 6.45) is 9.61. The van der Waals surface area contributed by atoms with E-state index >= 15 is 0 Å².